The number of hydrogen-bond acceptors (Lipinski definition) is 1. The summed E-state index contributed by atoms with van der Waals surface area (Å²) in [5, 5.41) is 0.397. The zero-order valence-electron chi connectivity index (χ0n) is 9.11. The molecular formula is C14H11ClFN. The minimum Gasteiger partial charge on any atom is -0.268 e. The molecular weight excluding hydrogens is 237 g/mol. The van der Waals surface area contributed by atoms with Crippen LogP contribution in [-0.4, -0.2) is 5.17 Å². The molecule has 0 aromatic heterocycles. The van der Waals surface area contributed by atoms with Gasteiger partial charge < -0.3 is 0 Å². The van der Waals surface area contributed by atoms with Gasteiger partial charge >= 0.3 is 0 Å². The lowest BCUT2D eigenvalue weighted by Gasteiger charge is -1.99. The van der Waals surface area contributed by atoms with Crippen LogP contribution in [0.4, 0.5) is 4.39 Å². The molecule has 0 saturated carbocycles. The molecule has 2 aromatic rings. The van der Waals surface area contributed by atoms with E-state index in [9.17, 15) is 4.39 Å². The zero-order chi connectivity index (χ0) is 12.1. The van der Waals surface area contributed by atoms with Gasteiger partial charge in [0.1, 0.15) is 11.0 Å². The van der Waals surface area contributed by atoms with E-state index in [1.165, 1.54) is 12.1 Å². The lowest BCUT2D eigenvalue weighted by molar-refractivity contribution is 0.628. The predicted molar refractivity (Wildman–Crippen MR) is 68.9 cm³/mol. The van der Waals surface area contributed by atoms with Gasteiger partial charge in [-0.25, -0.2) is 4.39 Å². The predicted octanol–water partition coefficient (Wildman–Crippen LogP) is 4.01. The number of hydrogen-bond donors (Lipinski definition) is 0. The molecule has 0 fully saturated rings. The molecule has 0 bridgehead atoms. The molecule has 17 heavy (non-hydrogen) atoms. The SMILES string of the molecule is Fc1ccc(C(Cl)=NCc2ccccc2)cc1. The third-order valence-electron chi connectivity index (χ3n) is 2.33. The Bertz CT molecular complexity index is 506. The van der Waals surface area contributed by atoms with Crippen LogP contribution < -0.4 is 0 Å². The van der Waals surface area contributed by atoms with Crippen molar-refractivity contribution in [1.82, 2.24) is 0 Å². The van der Waals surface area contributed by atoms with Gasteiger partial charge in [0, 0.05) is 5.56 Å². The summed E-state index contributed by atoms with van der Waals surface area (Å²) in [6.07, 6.45) is 0. The van der Waals surface area contributed by atoms with Gasteiger partial charge in [-0.1, -0.05) is 41.9 Å². The number of rotatable bonds is 3. The van der Waals surface area contributed by atoms with E-state index in [0.29, 0.717) is 11.7 Å². The second-order valence-electron chi connectivity index (χ2n) is 3.60. The molecule has 0 amide bonds. The minimum absolute atomic E-state index is 0.277. The van der Waals surface area contributed by atoms with Crippen molar-refractivity contribution in [3.8, 4) is 0 Å². The van der Waals surface area contributed by atoms with Crippen LogP contribution in [0.3, 0.4) is 0 Å². The molecule has 0 spiro atoms. The largest absolute Gasteiger partial charge is 0.268 e. The summed E-state index contributed by atoms with van der Waals surface area (Å²) < 4.78 is 12.7. The van der Waals surface area contributed by atoms with Crippen LogP contribution in [0, 0.1) is 5.82 Å². The first-order valence-electron chi connectivity index (χ1n) is 5.25. The molecule has 0 saturated heterocycles. The molecule has 0 aliphatic heterocycles. The van der Waals surface area contributed by atoms with Gasteiger partial charge in [-0.3, -0.25) is 4.99 Å². The van der Waals surface area contributed by atoms with Crippen LogP contribution in [0.15, 0.2) is 59.6 Å². The molecule has 0 aliphatic carbocycles. The highest BCUT2D eigenvalue weighted by molar-refractivity contribution is 6.69. The topological polar surface area (TPSA) is 12.4 Å². The van der Waals surface area contributed by atoms with E-state index in [1.54, 1.807) is 12.1 Å². The first kappa shape index (κ1) is 11.8. The first-order valence-corrected chi connectivity index (χ1v) is 5.63. The van der Waals surface area contributed by atoms with Gasteiger partial charge in [0.25, 0.3) is 0 Å². The van der Waals surface area contributed by atoms with E-state index in [1.807, 2.05) is 30.3 Å². The molecule has 0 heterocycles. The Morgan fingerprint density at radius 3 is 2.29 bits per heavy atom. The molecule has 2 aromatic carbocycles. The van der Waals surface area contributed by atoms with Crippen molar-refractivity contribution in [2.75, 3.05) is 0 Å². The Morgan fingerprint density at radius 1 is 1.00 bits per heavy atom. The second kappa shape index (κ2) is 5.60. The first-order chi connectivity index (χ1) is 8.25. The van der Waals surface area contributed by atoms with E-state index >= 15 is 0 Å². The summed E-state index contributed by atoms with van der Waals surface area (Å²) in [5.41, 5.74) is 1.82. The summed E-state index contributed by atoms with van der Waals surface area (Å²) in [6, 6.07) is 15.8. The normalized spacial score (nSPS) is 11.5. The maximum atomic E-state index is 12.7. The summed E-state index contributed by atoms with van der Waals surface area (Å²) in [7, 11) is 0. The Kier molecular flexibility index (Phi) is 3.89. The van der Waals surface area contributed by atoms with Crippen LogP contribution in [-0.2, 0) is 6.54 Å². The highest BCUT2D eigenvalue weighted by Gasteiger charge is 1.99. The van der Waals surface area contributed by atoms with Crippen LogP contribution in [0.2, 0.25) is 0 Å². The van der Waals surface area contributed by atoms with Gasteiger partial charge in [0.2, 0.25) is 0 Å². The van der Waals surface area contributed by atoms with E-state index in [-0.39, 0.29) is 5.82 Å². The maximum Gasteiger partial charge on any atom is 0.131 e. The quantitative estimate of drug-likeness (QED) is 0.727. The fraction of sp³-hybridized carbons (Fsp3) is 0.0714. The average molecular weight is 248 g/mol. The Morgan fingerprint density at radius 2 is 1.65 bits per heavy atom. The van der Waals surface area contributed by atoms with Gasteiger partial charge in [-0.15, -0.1) is 0 Å². The van der Waals surface area contributed by atoms with Crippen LogP contribution >= 0.6 is 11.6 Å². The molecule has 0 aliphatic rings. The summed E-state index contributed by atoms with van der Waals surface area (Å²) in [6.45, 7) is 0.525. The van der Waals surface area contributed by atoms with Crippen molar-refractivity contribution in [1.29, 1.82) is 0 Å². The average Bonchev–Trinajstić information content (AvgIpc) is 2.38. The lowest BCUT2D eigenvalue weighted by Crippen LogP contribution is -1.93. The van der Waals surface area contributed by atoms with Gasteiger partial charge in [-0.2, -0.15) is 0 Å². The lowest BCUT2D eigenvalue weighted by atomic mass is 10.2. The van der Waals surface area contributed by atoms with Crippen LogP contribution in [0.5, 0.6) is 0 Å². The van der Waals surface area contributed by atoms with Gasteiger partial charge in [0.15, 0.2) is 0 Å². The van der Waals surface area contributed by atoms with Gasteiger partial charge in [-0.05, 0) is 29.8 Å². The van der Waals surface area contributed by atoms with Crippen LogP contribution in [0.1, 0.15) is 11.1 Å². The fourth-order valence-electron chi connectivity index (χ4n) is 1.42. The molecule has 0 atom stereocenters. The zero-order valence-corrected chi connectivity index (χ0v) is 9.86. The summed E-state index contributed by atoms with van der Waals surface area (Å²) in [4.78, 5) is 4.25. The van der Waals surface area contributed by atoms with E-state index in [2.05, 4.69) is 4.99 Å². The second-order valence-corrected chi connectivity index (χ2v) is 3.96. The van der Waals surface area contributed by atoms with Crippen LogP contribution in [0.25, 0.3) is 0 Å². The molecule has 3 heteroatoms. The third-order valence-corrected chi connectivity index (χ3v) is 2.66. The highest BCUT2D eigenvalue weighted by atomic mass is 35.5. The highest BCUT2D eigenvalue weighted by Crippen LogP contribution is 2.09. The third kappa shape index (κ3) is 3.40. The summed E-state index contributed by atoms with van der Waals surface area (Å²) in [5.74, 6) is -0.277. The Balaban J connectivity index is 2.10. The fourth-order valence-corrected chi connectivity index (χ4v) is 1.61. The number of aliphatic imine (C=N–C) groups is 1. The molecule has 0 unspecified atom stereocenters. The number of halogens is 2. The van der Waals surface area contributed by atoms with Crippen molar-refractivity contribution < 1.29 is 4.39 Å². The Labute approximate surface area is 105 Å². The van der Waals surface area contributed by atoms with Crippen molar-refractivity contribution in [2.24, 2.45) is 4.99 Å². The molecule has 0 radical (unpaired) electrons. The molecule has 1 nitrogen and oxygen atoms in total. The molecule has 0 N–H and O–H groups in total. The van der Waals surface area contributed by atoms with Gasteiger partial charge in [0.05, 0.1) is 6.54 Å². The number of benzene rings is 2. The number of nitrogens with zero attached hydrogens (tertiary/aromatic N) is 1. The maximum absolute atomic E-state index is 12.7. The van der Waals surface area contributed by atoms with Crippen molar-refractivity contribution >= 4 is 16.8 Å². The minimum atomic E-state index is -0.277. The van der Waals surface area contributed by atoms with E-state index in [4.69, 9.17) is 11.6 Å². The van der Waals surface area contributed by atoms with E-state index < -0.39 is 0 Å². The molecule has 86 valence electrons. The summed E-state index contributed by atoms with van der Waals surface area (Å²) >= 11 is 6.04. The smallest absolute Gasteiger partial charge is 0.131 e. The standard InChI is InChI=1S/C14H11ClFN/c15-14(12-6-8-13(16)9-7-12)17-10-11-4-2-1-3-5-11/h1-9H,10H2. The van der Waals surface area contributed by atoms with Crippen molar-refractivity contribution in [3.05, 3.63) is 71.5 Å². The van der Waals surface area contributed by atoms with Crippen molar-refractivity contribution in [3.63, 3.8) is 0 Å². The monoisotopic (exact) mass is 247 g/mol. The van der Waals surface area contributed by atoms with E-state index in [0.717, 1.165) is 11.1 Å². The van der Waals surface area contributed by atoms with Crippen molar-refractivity contribution in [2.45, 2.75) is 6.54 Å². The Hall–Kier alpha value is -1.67. The molecule has 2 rings (SSSR count).